The molecule has 0 aliphatic heterocycles. The third kappa shape index (κ3) is 15.9. The standard InChI is InChI=1S/C35H51N9O8/c1-20(2)16-27(32(49)43-26(34(51)52)10-7-15-39-35(37)38)44-33(50)28(18-22-8-5-4-6-9-22)42-29(46)19-40-30(47)21(3)41-31(48)25(36)17-23-11-13-24(45)14-12-23/h4-6,8-9,11-14,20-21,25-28,45H,7,10,15-19,36H2,1-3H3,(H,40,47)(H,41,48)(H,42,46)(H,43,49)(H,44,50)(H,51,52)(H4,37,38,39)/t21-,25+,26+,27-,28+/m1/s1. The molecule has 52 heavy (non-hydrogen) atoms. The average molecular weight is 726 g/mol. The summed E-state index contributed by atoms with van der Waals surface area (Å²) >= 11 is 0. The topological polar surface area (TPSA) is 293 Å². The van der Waals surface area contributed by atoms with Crippen LogP contribution in [0.3, 0.4) is 0 Å². The summed E-state index contributed by atoms with van der Waals surface area (Å²) in [4.78, 5) is 80.9. The van der Waals surface area contributed by atoms with Gasteiger partial charge in [0.1, 0.15) is 29.9 Å². The highest BCUT2D eigenvalue weighted by Crippen LogP contribution is 2.12. The summed E-state index contributed by atoms with van der Waals surface area (Å²) in [5.41, 5.74) is 18.0. The molecule has 0 saturated heterocycles. The number of aliphatic imine (C=N–C) groups is 1. The lowest BCUT2D eigenvalue weighted by Gasteiger charge is -2.26. The number of carbonyl (C=O) groups excluding carboxylic acids is 5. The summed E-state index contributed by atoms with van der Waals surface area (Å²) in [6.45, 7) is 4.71. The molecule has 2 aromatic rings. The number of hydrogen-bond acceptors (Lipinski definition) is 9. The zero-order valence-electron chi connectivity index (χ0n) is 29.6. The Morgan fingerprint density at radius 2 is 1.33 bits per heavy atom. The molecular formula is C35H51N9O8. The van der Waals surface area contributed by atoms with Gasteiger partial charge < -0.3 is 54.0 Å². The van der Waals surface area contributed by atoms with Crippen LogP contribution in [-0.2, 0) is 41.6 Å². The van der Waals surface area contributed by atoms with Crippen LogP contribution in [0.5, 0.6) is 5.75 Å². The van der Waals surface area contributed by atoms with E-state index >= 15 is 0 Å². The van der Waals surface area contributed by atoms with E-state index in [1.807, 2.05) is 13.8 Å². The fourth-order valence-corrected chi connectivity index (χ4v) is 5.00. The van der Waals surface area contributed by atoms with Gasteiger partial charge in [-0.3, -0.25) is 29.0 Å². The van der Waals surface area contributed by atoms with E-state index in [0.717, 1.165) is 0 Å². The molecule has 0 unspecified atom stereocenters. The fourth-order valence-electron chi connectivity index (χ4n) is 5.00. The largest absolute Gasteiger partial charge is 0.508 e. The highest BCUT2D eigenvalue weighted by molar-refractivity contribution is 5.95. The number of carboxylic acid groups (broad SMARTS) is 1. The summed E-state index contributed by atoms with van der Waals surface area (Å²) in [5, 5.41) is 31.8. The number of aromatic hydroxyl groups is 1. The maximum Gasteiger partial charge on any atom is 0.326 e. The van der Waals surface area contributed by atoms with E-state index in [0.29, 0.717) is 11.1 Å². The number of amides is 5. The molecule has 5 amide bonds. The van der Waals surface area contributed by atoms with Gasteiger partial charge in [0.05, 0.1) is 12.6 Å². The molecule has 5 atom stereocenters. The highest BCUT2D eigenvalue weighted by atomic mass is 16.4. The number of nitrogens with two attached hydrogens (primary N) is 3. The Hall–Kier alpha value is -5.71. The van der Waals surface area contributed by atoms with Crippen LogP contribution in [-0.4, -0.2) is 95.0 Å². The maximum absolute atomic E-state index is 13.6. The predicted molar refractivity (Wildman–Crippen MR) is 193 cm³/mol. The normalized spacial score (nSPS) is 13.7. The molecule has 0 bridgehead atoms. The molecule has 17 nitrogen and oxygen atoms in total. The van der Waals surface area contributed by atoms with Gasteiger partial charge in [0.15, 0.2) is 5.96 Å². The van der Waals surface area contributed by atoms with Crippen LogP contribution in [0.2, 0.25) is 0 Å². The number of benzene rings is 2. The van der Waals surface area contributed by atoms with Crippen molar-refractivity contribution in [2.24, 2.45) is 28.1 Å². The van der Waals surface area contributed by atoms with Gasteiger partial charge in [-0.05, 0) is 61.8 Å². The smallest absolute Gasteiger partial charge is 0.326 e. The lowest BCUT2D eigenvalue weighted by molar-refractivity contribution is -0.142. The molecule has 0 heterocycles. The Morgan fingerprint density at radius 1 is 0.731 bits per heavy atom. The number of nitrogens with zero attached hydrogens (tertiary/aromatic N) is 1. The first kappa shape index (κ1) is 42.5. The first-order valence-corrected chi connectivity index (χ1v) is 16.9. The molecule has 17 heteroatoms. The van der Waals surface area contributed by atoms with Gasteiger partial charge in [0.25, 0.3) is 0 Å². The molecular weight excluding hydrogens is 674 g/mol. The third-order valence-corrected chi connectivity index (χ3v) is 7.74. The molecule has 0 aliphatic carbocycles. The molecule has 2 rings (SSSR count). The van der Waals surface area contributed by atoms with Crippen molar-refractivity contribution in [3.63, 3.8) is 0 Å². The highest BCUT2D eigenvalue weighted by Gasteiger charge is 2.30. The SMILES string of the molecule is CC(C)C[C@@H](NC(=O)[C@H](Cc1ccccc1)NC(=O)CNC(=O)[C@@H](C)NC(=O)[C@@H](N)Cc1ccc(O)cc1)C(=O)N[C@@H](CCCN=C(N)N)C(=O)O. The quantitative estimate of drug-likeness (QED) is 0.0413. The van der Waals surface area contributed by atoms with Crippen molar-refractivity contribution in [1.29, 1.82) is 0 Å². The number of guanidine groups is 1. The second kappa shape index (κ2) is 21.5. The monoisotopic (exact) mass is 725 g/mol. The number of aliphatic carboxylic acids is 1. The number of hydrogen-bond donors (Lipinski definition) is 10. The number of phenols is 1. The van der Waals surface area contributed by atoms with Crippen LogP contribution < -0.4 is 43.8 Å². The second-order valence-electron chi connectivity index (χ2n) is 12.8. The zero-order chi connectivity index (χ0) is 38.8. The summed E-state index contributed by atoms with van der Waals surface area (Å²) in [6.07, 6.45) is 0.679. The molecule has 2 aromatic carbocycles. The van der Waals surface area contributed by atoms with E-state index in [-0.39, 0.29) is 56.3 Å². The van der Waals surface area contributed by atoms with Crippen molar-refractivity contribution < 1.29 is 39.0 Å². The first-order valence-electron chi connectivity index (χ1n) is 16.9. The molecule has 0 fully saturated rings. The van der Waals surface area contributed by atoms with E-state index < -0.39 is 72.3 Å². The Bertz CT molecular complexity index is 1530. The maximum atomic E-state index is 13.6. The first-order chi connectivity index (χ1) is 24.5. The minimum Gasteiger partial charge on any atom is -0.508 e. The van der Waals surface area contributed by atoms with Crippen molar-refractivity contribution in [2.45, 2.75) is 83.1 Å². The number of carboxylic acids is 1. The molecule has 0 aromatic heterocycles. The lowest BCUT2D eigenvalue weighted by atomic mass is 10.0. The van der Waals surface area contributed by atoms with Gasteiger partial charge in [-0.15, -0.1) is 0 Å². The molecule has 0 spiro atoms. The van der Waals surface area contributed by atoms with Crippen molar-refractivity contribution >= 4 is 41.5 Å². The minimum absolute atomic E-state index is 0.0352. The number of nitrogens with one attached hydrogen (secondary N) is 5. The van der Waals surface area contributed by atoms with Crippen molar-refractivity contribution in [2.75, 3.05) is 13.1 Å². The van der Waals surface area contributed by atoms with Gasteiger partial charge in [0, 0.05) is 13.0 Å². The Labute approximate surface area is 302 Å². The zero-order valence-corrected chi connectivity index (χ0v) is 29.6. The third-order valence-electron chi connectivity index (χ3n) is 7.74. The fraction of sp³-hybridized carbons (Fsp3) is 0.457. The van der Waals surface area contributed by atoms with Gasteiger partial charge in [-0.25, -0.2) is 4.79 Å². The van der Waals surface area contributed by atoms with Crippen molar-refractivity contribution in [1.82, 2.24) is 26.6 Å². The van der Waals surface area contributed by atoms with Crippen LogP contribution >= 0.6 is 0 Å². The van der Waals surface area contributed by atoms with Gasteiger partial charge in [-0.1, -0.05) is 56.3 Å². The van der Waals surface area contributed by atoms with E-state index in [4.69, 9.17) is 17.2 Å². The van der Waals surface area contributed by atoms with Crippen LogP contribution in [0.4, 0.5) is 0 Å². The van der Waals surface area contributed by atoms with Crippen LogP contribution in [0.25, 0.3) is 0 Å². The molecule has 284 valence electrons. The minimum atomic E-state index is -1.27. The van der Waals surface area contributed by atoms with E-state index in [1.54, 1.807) is 42.5 Å². The van der Waals surface area contributed by atoms with Crippen LogP contribution in [0.1, 0.15) is 51.2 Å². The number of phenolic OH excluding ortho intramolecular Hbond substituents is 1. The molecule has 0 aliphatic rings. The van der Waals surface area contributed by atoms with Crippen LogP contribution in [0, 0.1) is 5.92 Å². The summed E-state index contributed by atoms with van der Waals surface area (Å²) < 4.78 is 0. The second-order valence-corrected chi connectivity index (χ2v) is 12.8. The van der Waals surface area contributed by atoms with Gasteiger partial charge in [0.2, 0.25) is 29.5 Å². The van der Waals surface area contributed by atoms with E-state index in [9.17, 15) is 39.0 Å². The van der Waals surface area contributed by atoms with Crippen molar-refractivity contribution in [3.05, 3.63) is 65.7 Å². The molecule has 0 radical (unpaired) electrons. The predicted octanol–water partition coefficient (Wildman–Crippen LogP) is -1.24. The molecule has 0 saturated carbocycles. The Kier molecular flexibility index (Phi) is 17.5. The number of carbonyl (C=O) groups is 6. The van der Waals surface area contributed by atoms with Gasteiger partial charge >= 0.3 is 5.97 Å². The Morgan fingerprint density at radius 3 is 1.92 bits per heavy atom. The average Bonchev–Trinajstić information content (AvgIpc) is 3.08. The van der Waals surface area contributed by atoms with Crippen LogP contribution in [0.15, 0.2) is 59.6 Å². The number of rotatable bonds is 21. The summed E-state index contributed by atoms with van der Waals surface area (Å²) in [5.74, 6) is -4.83. The molecule has 13 N–H and O–H groups in total. The Balaban J connectivity index is 2.06. The lowest BCUT2D eigenvalue weighted by Crippen LogP contribution is -2.57. The summed E-state index contributed by atoms with van der Waals surface area (Å²) in [7, 11) is 0. The summed E-state index contributed by atoms with van der Waals surface area (Å²) in [6, 6.07) is 9.37. The van der Waals surface area contributed by atoms with E-state index in [1.165, 1.54) is 19.1 Å². The van der Waals surface area contributed by atoms with E-state index in [2.05, 4.69) is 31.6 Å². The van der Waals surface area contributed by atoms with Gasteiger partial charge in [-0.2, -0.15) is 0 Å². The van der Waals surface area contributed by atoms with Crippen molar-refractivity contribution in [3.8, 4) is 5.75 Å².